The van der Waals surface area contributed by atoms with Crippen LogP contribution >= 0.6 is 0 Å². The highest BCUT2D eigenvalue weighted by Crippen LogP contribution is 2.13. The van der Waals surface area contributed by atoms with Crippen molar-refractivity contribution in [2.24, 2.45) is 0 Å². The monoisotopic (exact) mass is 192 g/mol. The molecule has 1 aromatic rings. The van der Waals surface area contributed by atoms with Crippen molar-refractivity contribution >= 4 is 0 Å². The highest BCUT2D eigenvalue weighted by atomic mass is 16.6. The van der Waals surface area contributed by atoms with Crippen molar-refractivity contribution in [2.45, 2.75) is 26.1 Å². The Balaban J connectivity index is 1.86. The van der Waals surface area contributed by atoms with Gasteiger partial charge in [-0.3, -0.25) is 0 Å². The highest BCUT2D eigenvalue weighted by molar-refractivity contribution is 5.26. The third-order valence-corrected chi connectivity index (χ3v) is 2.46. The van der Waals surface area contributed by atoms with E-state index in [1.807, 2.05) is 0 Å². The summed E-state index contributed by atoms with van der Waals surface area (Å²) in [5, 5.41) is 0. The quantitative estimate of drug-likeness (QED) is 0.667. The van der Waals surface area contributed by atoms with E-state index in [2.05, 4.69) is 31.2 Å². The fraction of sp³-hybridized carbons (Fsp3) is 0.500. The molecular weight excluding hydrogens is 176 g/mol. The van der Waals surface area contributed by atoms with E-state index in [1.165, 1.54) is 11.1 Å². The maximum atomic E-state index is 5.56. The van der Waals surface area contributed by atoms with Gasteiger partial charge in [-0.2, -0.15) is 0 Å². The van der Waals surface area contributed by atoms with Crippen LogP contribution in [0.5, 0.6) is 0 Å². The zero-order valence-electron chi connectivity index (χ0n) is 8.53. The Labute approximate surface area is 84.8 Å². The molecule has 1 heterocycles. The molecule has 2 nitrogen and oxygen atoms in total. The van der Waals surface area contributed by atoms with Crippen LogP contribution in [0.25, 0.3) is 0 Å². The molecule has 2 heteroatoms. The van der Waals surface area contributed by atoms with E-state index in [4.69, 9.17) is 9.47 Å². The van der Waals surface area contributed by atoms with E-state index < -0.39 is 0 Å². The van der Waals surface area contributed by atoms with Gasteiger partial charge in [0.25, 0.3) is 0 Å². The number of aryl methyl sites for hydroxylation is 1. The molecule has 1 unspecified atom stereocenters. The van der Waals surface area contributed by atoms with Gasteiger partial charge in [-0.15, -0.1) is 0 Å². The van der Waals surface area contributed by atoms with Crippen LogP contribution in [0.4, 0.5) is 0 Å². The van der Waals surface area contributed by atoms with Gasteiger partial charge in [0.15, 0.2) is 0 Å². The summed E-state index contributed by atoms with van der Waals surface area (Å²) >= 11 is 0. The SMILES string of the molecule is CCc1ccccc1COCC1CO1. The van der Waals surface area contributed by atoms with Crippen LogP contribution in [0.2, 0.25) is 0 Å². The van der Waals surface area contributed by atoms with Crippen LogP contribution in [-0.4, -0.2) is 19.3 Å². The molecule has 1 aliphatic rings. The van der Waals surface area contributed by atoms with Crippen LogP contribution in [0, 0.1) is 0 Å². The van der Waals surface area contributed by atoms with Gasteiger partial charge in [0.1, 0.15) is 6.10 Å². The van der Waals surface area contributed by atoms with E-state index in [-0.39, 0.29) is 0 Å². The molecule has 1 atom stereocenters. The zero-order valence-corrected chi connectivity index (χ0v) is 8.53. The molecule has 1 aliphatic heterocycles. The Kier molecular flexibility index (Phi) is 3.17. The molecule has 0 saturated carbocycles. The van der Waals surface area contributed by atoms with Crippen LogP contribution in [0.15, 0.2) is 24.3 Å². The van der Waals surface area contributed by atoms with E-state index in [9.17, 15) is 0 Å². The minimum absolute atomic E-state index is 0.365. The first-order chi connectivity index (χ1) is 6.90. The van der Waals surface area contributed by atoms with Gasteiger partial charge < -0.3 is 9.47 Å². The van der Waals surface area contributed by atoms with Gasteiger partial charge in [-0.25, -0.2) is 0 Å². The molecular formula is C12H16O2. The molecule has 1 aromatic carbocycles. The molecule has 14 heavy (non-hydrogen) atoms. The zero-order chi connectivity index (χ0) is 9.80. The predicted molar refractivity (Wildman–Crippen MR) is 55.2 cm³/mol. The predicted octanol–water partition coefficient (Wildman–Crippen LogP) is 2.16. The lowest BCUT2D eigenvalue weighted by Gasteiger charge is -2.07. The van der Waals surface area contributed by atoms with Gasteiger partial charge in [-0.05, 0) is 17.5 Å². The van der Waals surface area contributed by atoms with Crippen LogP contribution in [-0.2, 0) is 22.5 Å². The average Bonchev–Trinajstić information content (AvgIpc) is 3.03. The van der Waals surface area contributed by atoms with Crippen LogP contribution in [0.3, 0.4) is 0 Å². The first kappa shape index (κ1) is 9.69. The molecule has 0 aromatic heterocycles. The van der Waals surface area contributed by atoms with Crippen LogP contribution in [0.1, 0.15) is 18.1 Å². The molecule has 0 radical (unpaired) electrons. The summed E-state index contributed by atoms with van der Waals surface area (Å²) in [5.74, 6) is 0. The van der Waals surface area contributed by atoms with Crippen molar-refractivity contribution in [2.75, 3.05) is 13.2 Å². The Bertz CT molecular complexity index is 292. The molecule has 0 spiro atoms. The Morgan fingerprint density at radius 1 is 1.36 bits per heavy atom. The van der Waals surface area contributed by atoms with Crippen molar-refractivity contribution < 1.29 is 9.47 Å². The Morgan fingerprint density at radius 3 is 2.71 bits per heavy atom. The minimum atomic E-state index is 0.365. The molecule has 76 valence electrons. The fourth-order valence-electron chi connectivity index (χ4n) is 1.51. The van der Waals surface area contributed by atoms with E-state index in [0.29, 0.717) is 12.7 Å². The summed E-state index contributed by atoms with van der Waals surface area (Å²) in [4.78, 5) is 0. The molecule has 0 amide bonds. The molecule has 2 rings (SSSR count). The van der Waals surface area contributed by atoms with E-state index in [1.54, 1.807) is 0 Å². The van der Waals surface area contributed by atoms with Crippen molar-refractivity contribution in [3.8, 4) is 0 Å². The Morgan fingerprint density at radius 2 is 2.07 bits per heavy atom. The second-order valence-electron chi connectivity index (χ2n) is 3.59. The molecule has 1 fully saturated rings. The maximum Gasteiger partial charge on any atom is 0.104 e. The van der Waals surface area contributed by atoms with Gasteiger partial charge in [-0.1, -0.05) is 31.2 Å². The number of benzene rings is 1. The minimum Gasteiger partial charge on any atom is -0.374 e. The van der Waals surface area contributed by atoms with Gasteiger partial charge in [0.2, 0.25) is 0 Å². The summed E-state index contributed by atoms with van der Waals surface area (Å²) in [7, 11) is 0. The molecule has 0 N–H and O–H groups in total. The van der Waals surface area contributed by atoms with Crippen molar-refractivity contribution in [3.05, 3.63) is 35.4 Å². The van der Waals surface area contributed by atoms with Gasteiger partial charge in [0, 0.05) is 0 Å². The summed E-state index contributed by atoms with van der Waals surface area (Å²) in [6.45, 7) is 4.49. The molecule has 1 saturated heterocycles. The van der Waals surface area contributed by atoms with E-state index >= 15 is 0 Å². The summed E-state index contributed by atoms with van der Waals surface area (Å²) in [5.41, 5.74) is 2.68. The summed E-state index contributed by atoms with van der Waals surface area (Å²) in [6, 6.07) is 8.43. The van der Waals surface area contributed by atoms with Crippen LogP contribution < -0.4 is 0 Å². The number of ether oxygens (including phenoxy) is 2. The number of rotatable bonds is 5. The van der Waals surface area contributed by atoms with Gasteiger partial charge in [0.05, 0.1) is 19.8 Å². The highest BCUT2D eigenvalue weighted by Gasteiger charge is 2.22. The van der Waals surface area contributed by atoms with Gasteiger partial charge >= 0.3 is 0 Å². The molecule has 0 aliphatic carbocycles. The topological polar surface area (TPSA) is 21.8 Å². The lowest BCUT2D eigenvalue weighted by atomic mass is 10.1. The second kappa shape index (κ2) is 4.58. The molecule has 0 bridgehead atoms. The fourth-order valence-corrected chi connectivity index (χ4v) is 1.51. The smallest absolute Gasteiger partial charge is 0.104 e. The number of epoxide rings is 1. The maximum absolute atomic E-state index is 5.56. The lowest BCUT2D eigenvalue weighted by molar-refractivity contribution is 0.103. The number of hydrogen-bond donors (Lipinski definition) is 0. The Hall–Kier alpha value is -0.860. The average molecular weight is 192 g/mol. The summed E-state index contributed by atoms with van der Waals surface area (Å²) in [6.07, 6.45) is 1.43. The van der Waals surface area contributed by atoms with Crippen molar-refractivity contribution in [3.63, 3.8) is 0 Å². The van der Waals surface area contributed by atoms with E-state index in [0.717, 1.165) is 19.6 Å². The lowest BCUT2D eigenvalue weighted by Crippen LogP contribution is -2.03. The normalized spacial score (nSPS) is 19.6. The third-order valence-electron chi connectivity index (χ3n) is 2.46. The second-order valence-corrected chi connectivity index (χ2v) is 3.59. The largest absolute Gasteiger partial charge is 0.374 e. The summed E-state index contributed by atoms with van der Waals surface area (Å²) < 4.78 is 10.6. The van der Waals surface area contributed by atoms with Crippen molar-refractivity contribution in [1.82, 2.24) is 0 Å². The first-order valence-corrected chi connectivity index (χ1v) is 5.16. The standard InChI is InChI=1S/C12H16O2/c1-2-10-5-3-4-6-11(10)7-13-8-12-9-14-12/h3-6,12H,2,7-9H2,1H3. The first-order valence-electron chi connectivity index (χ1n) is 5.16. The number of hydrogen-bond acceptors (Lipinski definition) is 2. The van der Waals surface area contributed by atoms with Crippen molar-refractivity contribution in [1.29, 1.82) is 0 Å². The third kappa shape index (κ3) is 2.56.